The first-order valence-electron chi connectivity index (χ1n) is 15.7. The number of carbonyl (C=O) groups excluding carboxylic acids is 1. The summed E-state index contributed by atoms with van der Waals surface area (Å²) < 4.78 is 37.6. The molecule has 8 heteroatoms. The van der Waals surface area contributed by atoms with Crippen LogP contribution in [0.3, 0.4) is 0 Å². The molecule has 0 atom stereocenters. The molecule has 7 nitrogen and oxygen atoms in total. The second-order valence-corrected chi connectivity index (χ2v) is 13.2. The maximum atomic E-state index is 13.8. The van der Waals surface area contributed by atoms with Crippen molar-refractivity contribution in [3.05, 3.63) is 59.4 Å². The van der Waals surface area contributed by atoms with Gasteiger partial charge in [-0.2, -0.15) is 0 Å². The van der Waals surface area contributed by atoms with Gasteiger partial charge in [-0.3, -0.25) is 9.10 Å². The molecule has 0 unspecified atom stereocenters. The van der Waals surface area contributed by atoms with Crippen molar-refractivity contribution in [2.75, 3.05) is 43.8 Å². The molecule has 3 aromatic rings. The van der Waals surface area contributed by atoms with Gasteiger partial charge < -0.3 is 14.1 Å². The molecule has 0 aliphatic carbocycles. The quantitative estimate of drug-likeness (QED) is 0.0973. The second-order valence-electron chi connectivity index (χ2n) is 11.2. The molecule has 0 radical (unpaired) electrons. The Morgan fingerprint density at radius 3 is 2.10 bits per heavy atom. The minimum Gasteiger partial charge on any atom is -0.494 e. The molecule has 2 aromatic carbocycles. The molecule has 42 heavy (non-hydrogen) atoms. The molecule has 232 valence electrons. The highest BCUT2D eigenvalue weighted by atomic mass is 32.2. The number of hydrogen-bond acceptors (Lipinski definition) is 6. The minimum atomic E-state index is -3.44. The second kappa shape index (κ2) is 16.7. The van der Waals surface area contributed by atoms with E-state index in [0.717, 1.165) is 44.2 Å². The third kappa shape index (κ3) is 9.60. The number of anilines is 1. The van der Waals surface area contributed by atoms with E-state index in [4.69, 9.17) is 9.15 Å². The smallest absolute Gasteiger partial charge is 0.231 e. The van der Waals surface area contributed by atoms with Gasteiger partial charge in [-0.15, -0.1) is 0 Å². The fourth-order valence-corrected chi connectivity index (χ4v) is 5.53. The van der Waals surface area contributed by atoms with Gasteiger partial charge in [0.1, 0.15) is 17.1 Å². The summed E-state index contributed by atoms with van der Waals surface area (Å²) in [6.45, 7) is 10.8. The van der Waals surface area contributed by atoms with E-state index in [2.05, 4.69) is 25.7 Å². The standard InChI is InChI=1S/C34H50N2O5S/c1-6-9-15-32-33(30-26-28(18-21-31(30)41-32)35(4)42(5,38)39)34(37)27-16-19-29(20-17-27)40-25-14-12-13-24-36(22-10-7-2)23-11-8-3/h16-21,26H,6-15,22-25H2,1-5H3. The number of unbranched alkanes of at least 4 members (excludes halogenated alkanes) is 5. The van der Waals surface area contributed by atoms with Crippen LogP contribution in [-0.2, 0) is 16.4 Å². The van der Waals surface area contributed by atoms with Gasteiger partial charge in [-0.25, -0.2) is 8.42 Å². The predicted octanol–water partition coefficient (Wildman–Crippen LogP) is 7.85. The fourth-order valence-electron chi connectivity index (χ4n) is 5.04. The Hall–Kier alpha value is -2.84. The van der Waals surface area contributed by atoms with Crippen LogP contribution in [0.25, 0.3) is 11.0 Å². The molecular weight excluding hydrogens is 548 g/mol. The molecule has 0 N–H and O–H groups in total. The third-order valence-corrected chi connectivity index (χ3v) is 8.96. The molecule has 0 aliphatic heterocycles. The summed E-state index contributed by atoms with van der Waals surface area (Å²) in [5.41, 5.74) is 2.11. The maximum Gasteiger partial charge on any atom is 0.231 e. The number of rotatable bonds is 20. The molecule has 0 saturated carbocycles. The van der Waals surface area contributed by atoms with Crippen LogP contribution in [0.1, 0.15) is 100 Å². The number of nitrogens with zero attached hydrogens (tertiary/aromatic N) is 2. The average Bonchev–Trinajstić information content (AvgIpc) is 3.35. The summed E-state index contributed by atoms with van der Waals surface area (Å²) in [7, 11) is -1.94. The van der Waals surface area contributed by atoms with E-state index in [-0.39, 0.29) is 5.78 Å². The van der Waals surface area contributed by atoms with Crippen molar-refractivity contribution in [2.24, 2.45) is 0 Å². The van der Waals surface area contributed by atoms with Crippen molar-refractivity contribution in [3.63, 3.8) is 0 Å². The lowest BCUT2D eigenvalue weighted by Gasteiger charge is -2.21. The van der Waals surface area contributed by atoms with Crippen molar-refractivity contribution in [2.45, 2.75) is 85.0 Å². The van der Waals surface area contributed by atoms with Gasteiger partial charge in [0.25, 0.3) is 0 Å². The zero-order valence-corrected chi connectivity index (χ0v) is 27.1. The van der Waals surface area contributed by atoms with Gasteiger partial charge >= 0.3 is 0 Å². The van der Waals surface area contributed by atoms with Crippen molar-refractivity contribution in [1.82, 2.24) is 4.90 Å². The van der Waals surface area contributed by atoms with E-state index in [9.17, 15) is 13.2 Å². The molecular formula is C34H50N2O5S. The molecule has 0 bridgehead atoms. The van der Waals surface area contributed by atoms with Crippen LogP contribution in [0.4, 0.5) is 5.69 Å². The van der Waals surface area contributed by atoms with E-state index < -0.39 is 10.0 Å². The van der Waals surface area contributed by atoms with Gasteiger partial charge in [0.15, 0.2) is 5.78 Å². The topological polar surface area (TPSA) is 80.1 Å². The summed E-state index contributed by atoms with van der Waals surface area (Å²) in [6.07, 6.45) is 12.0. The molecule has 0 fully saturated rings. The molecule has 0 amide bonds. The number of fused-ring (bicyclic) bond motifs is 1. The molecule has 1 heterocycles. The Labute approximate surface area is 253 Å². The van der Waals surface area contributed by atoms with E-state index >= 15 is 0 Å². The van der Waals surface area contributed by atoms with Crippen molar-refractivity contribution < 1.29 is 22.4 Å². The lowest BCUT2D eigenvalue weighted by atomic mass is 9.98. The van der Waals surface area contributed by atoms with Crippen LogP contribution in [0, 0.1) is 0 Å². The van der Waals surface area contributed by atoms with E-state index in [0.29, 0.717) is 46.6 Å². The lowest BCUT2D eigenvalue weighted by Crippen LogP contribution is -2.27. The maximum absolute atomic E-state index is 13.8. The van der Waals surface area contributed by atoms with Gasteiger partial charge in [0.2, 0.25) is 10.0 Å². The Bertz CT molecular complexity index is 1360. The van der Waals surface area contributed by atoms with Crippen molar-refractivity contribution in [1.29, 1.82) is 0 Å². The zero-order valence-electron chi connectivity index (χ0n) is 26.3. The van der Waals surface area contributed by atoms with Crippen molar-refractivity contribution >= 4 is 32.5 Å². The Balaban J connectivity index is 1.64. The van der Waals surface area contributed by atoms with Gasteiger partial charge in [0.05, 0.1) is 24.1 Å². The third-order valence-electron chi connectivity index (χ3n) is 7.75. The van der Waals surface area contributed by atoms with Crippen LogP contribution in [0.5, 0.6) is 5.75 Å². The van der Waals surface area contributed by atoms with Gasteiger partial charge in [0, 0.05) is 24.4 Å². The number of aryl methyl sites for hydroxylation is 1. The first-order chi connectivity index (χ1) is 20.2. The minimum absolute atomic E-state index is 0.138. The summed E-state index contributed by atoms with van der Waals surface area (Å²) in [5.74, 6) is 1.25. The summed E-state index contributed by atoms with van der Waals surface area (Å²) >= 11 is 0. The van der Waals surface area contributed by atoms with Crippen LogP contribution >= 0.6 is 0 Å². The predicted molar refractivity (Wildman–Crippen MR) is 174 cm³/mol. The largest absolute Gasteiger partial charge is 0.494 e. The molecule has 3 rings (SSSR count). The number of sulfonamides is 1. The number of hydrogen-bond donors (Lipinski definition) is 0. The first-order valence-corrected chi connectivity index (χ1v) is 17.5. The van der Waals surface area contributed by atoms with E-state index in [1.54, 1.807) is 30.3 Å². The average molecular weight is 599 g/mol. The van der Waals surface area contributed by atoms with Crippen LogP contribution < -0.4 is 9.04 Å². The summed E-state index contributed by atoms with van der Waals surface area (Å²) in [6, 6.07) is 12.5. The van der Waals surface area contributed by atoms with Gasteiger partial charge in [-0.1, -0.05) is 40.0 Å². The Morgan fingerprint density at radius 1 is 0.833 bits per heavy atom. The number of ether oxygens (including phenoxy) is 1. The van der Waals surface area contributed by atoms with E-state index in [1.165, 1.54) is 56.5 Å². The zero-order chi connectivity index (χ0) is 30.5. The Kier molecular flexibility index (Phi) is 13.4. The lowest BCUT2D eigenvalue weighted by molar-refractivity contribution is 0.103. The van der Waals surface area contributed by atoms with E-state index in [1.807, 2.05) is 12.1 Å². The summed E-state index contributed by atoms with van der Waals surface area (Å²) in [4.78, 5) is 16.4. The molecule has 0 saturated heterocycles. The SMILES string of the molecule is CCCCc1oc2ccc(N(C)S(C)(=O)=O)cc2c1C(=O)c1ccc(OCCCCCN(CCCC)CCCC)cc1. The highest BCUT2D eigenvalue weighted by molar-refractivity contribution is 7.92. The first kappa shape index (κ1) is 33.7. The molecule has 0 aliphatic rings. The monoisotopic (exact) mass is 598 g/mol. The number of carbonyl (C=O) groups is 1. The number of furan rings is 1. The van der Waals surface area contributed by atoms with Gasteiger partial charge in [-0.05, 0) is 101 Å². The van der Waals surface area contributed by atoms with Crippen LogP contribution in [0.2, 0.25) is 0 Å². The van der Waals surface area contributed by atoms with Crippen LogP contribution in [0.15, 0.2) is 46.9 Å². The summed E-state index contributed by atoms with van der Waals surface area (Å²) in [5, 5.41) is 0.627. The fraction of sp³-hybridized carbons (Fsp3) is 0.559. The highest BCUT2D eigenvalue weighted by Crippen LogP contribution is 2.33. The number of benzene rings is 2. The highest BCUT2D eigenvalue weighted by Gasteiger charge is 2.23. The normalized spacial score (nSPS) is 11.9. The molecule has 0 spiro atoms. The van der Waals surface area contributed by atoms with Crippen LogP contribution in [-0.4, -0.2) is 58.6 Å². The van der Waals surface area contributed by atoms with Crippen molar-refractivity contribution in [3.8, 4) is 5.75 Å². The number of ketones is 1. The molecule has 1 aromatic heterocycles. The Morgan fingerprint density at radius 2 is 1.48 bits per heavy atom.